The van der Waals surface area contributed by atoms with Gasteiger partial charge in [-0.25, -0.2) is 4.98 Å². The number of benzene rings is 1. The van der Waals surface area contributed by atoms with E-state index >= 15 is 0 Å². The molecule has 0 unspecified atom stereocenters. The molecule has 1 amide bonds. The number of hydrogen-bond acceptors (Lipinski definition) is 8. The molecule has 2 heterocycles. The monoisotopic (exact) mass is 457 g/mol. The number of nitrogens with zero attached hydrogens (tertiary/aromatic N) is 4. The van der Waals surface area contributed by atoms with Crippen LogP contribution in [0.4, 0.5) is 5.13 Å². The second-order valence-corrected chi connectivity index (χ2v) is 9.46. The third-order valence-electron chi connectivity index (χ3n) is 5.31. The third kappa shape index (κ3) is 4.40. The Balaban J connectivity index is 1.23. The standard InChI is InChI=1S/C21H23N5O3S2/c1-28-14-7-8-15(17(9-14)29-2)16-10-30-20(22-16)23-18(27)11-31-21-25-24-19(12-3-4-12)26(21)13-5-6-13/h7-10,12-13H,3-6,11H2,1-2H3,(H,22,23,27). The number of nitrogens with one attached hydrogen (secondary N) is 1. The summed E-state index contributed by atoms with van der Waals surface area (Å²) in [7, 11) is 3.22. The maximum absolute atomic E-state index is 12.5. The van der Waals surface area contributed by atoms with E-state index in [1.54, 1.807) is 14.2 Å². The number of carbonyl (C=O) groups is 1. The maximum Gasteiger partial charge on any atom is 0.236 e. The highest BCUT2D eigenvalue weighted by Crippen LogP contribution is 2.46. The van der Waals surface area contributed by atoms with Crippen LogP contribution in [0.15, 0.2) is 28.7 Å². The van der Waals surface area contributed by atoms with Gasteiger partial charge in [-0.2, -0.15) is 0 Å². The molecule has 0 aliphatic heterocycles. The lowest BCUT2D eigenvalue weighted by Crippen LogP contribution is -2.14. The number of hydrogen-bond donors (Lipinski definition) is 1. The number of thioether (sulfide) groups is 1. The molecule has 8 nitrogen and oxygen atoms in total. The number of ether oxygens (including phenoxy) is 2. The average molecular weight is 458 g/mol. The van der Waals surface area contributed by atoms with Crippen LogP contribution in [0.1, 0.15) is 43.5 Å². The van der Waals surface area contributed by atoms with E-state index in [4.69, 9.17) is 9.47 Å². The summed E-state index contributed by atoms with van der Waals surface area (Å²) in [5.74, 6) is 3.21. The van der Waals surface area contributed by atoms with Crippen molar-refractivity contribution in [1.29, 1.82) is 0 Å². The molecule has 10 heteroatoms. The second kappa shape index (κ2) is 8.51. The summed E-state index contributed by atoms with van der Waals surface area (Å²) in [5, 5.41) is 15.0. The van der Waals surface area contributed by atoms with Crippen LogP contribution in [0.3, 0.4) is 0 Å². The van der Waals surface area contributed by atoms with Gasteiger partial charge < -0.3 is 19.4 Å². The fraction of sp³-hybridized carbons (Fsp3) is 0.429. The van der Waals surface area contributed by atoms with Crippen molar-refractivity contribution in [1.82, 2.24) is 19.7 Å². The normalized spacial score (nSPS) is 15.7. The van der Waals surface area contributed by atoms with Gasteiger partial charge in [-0.3, -0.25) is 4.79 Å². The van der Waals surface area contributed by atoms with Crippen molar-refractivity contribution in [3.05, 3.63) is 29.4 Å². The smallest absolute Gasteiger partial charge is 0.236 e. The maximum atomic E-state index is 12.5. The number of anilines is 1. The van der Waals surface area contributed by atoms with Crippen LogP contribution in [-0.4, -0.2) is 45.6 Å². The summed E-state index contributed by atoms with van der Waals surface area (Å²) < 4.78 is 13.0. The highest BCUT2D eigenvalue weighted by molar-refractivity contribution is 7.99. The van der Waals surface area contributed by atoms with Crippen LogP contribution in [0, 0.1) is 0 Å². The second-order valence-electron chi connectivity index (χ2n) is 7.66. The number of aromatic nitrogens is 4. The topological polar surface area (TPSA) is 91.2 Å². The van der Waals surface area contributed by atoms with E-state index < -0.39 is 0 Å². The van der Waals surface area contributed by atoms with Crippen molar-refractivity contribution in [2.75, 3.05) is 25.3 Å². The molecule has 2 aliphatic carbocycles. The zero-order valence-electron chi connectivity index (χ0n) is 17.3. The zero-order chi connectivity index (χ0) is 21.4. The molecular formula is C21H23N5O3S2. The number of rotatable bonds is 9. The van der Waals surface area contributed by atoms with E-state index in [9.17, 15) is 4.79 Å². The van der Waals surface area contributed by atoms with Crippen LogP contribution in [0.5, 0.6) is 11.5 Å². The molecule has 0 radical (unpaired) electrons. The van der Waals surface area contributed by atoms with E-state index in [1.165, 1.54) is 48.8 Å². The minimum Gasteiger partial charge on any atom is -0.497 e. The Bertz CT molecular complexity index is 1100. The van der Waals surface area contributed by atoms with Crippen molar-refractivity contribution in [2.45, 2.75) is 42.8 Å². The third-order valence-corrected chi connectivity index (χ3v) is 7.01. The Labute approximate surface area is 188 Å². The highest BCUT2D eigenvalue weighted by Gasteiger charge is 2.36. The first-order valence-electron chi connectivity index (χ1n) is 10.2. The molecule has 2 aliphatic rings. The van der Waals surface area contributed by atoms with Gasteiger partial charge in [0.2, 0.25) is 5.91 Å². The molecule has 1 aromatic carbocycles. The molecule has 5 rings (SSSR count). The molecule has 0 atom stereocenters. The first-order valence-corrected chi connectivity index (χ1v) is 12.1. The number of thiazole rings is 1. The van der Waals surface area contributed by atoms with Gasteiger partial charge in [0, 0.05) is 29.0 Å². The fourth-order valence-corrected chi connectivity index (χ4v) is 4.97. The summed E-state index contributed by atoms with van der Waals surface area (Å²) in [6, 6.07) is 6.08. The summed E-state index contributed by atoms with van der Waals surface area (Å²) in [5.41, 5.74) is 1.59. The summed E-state index contributed by atoms with van der Waals surface area (Å²) in [6.07, 6.45) is 4.74. The van der Waals surface area contributed by atoms with Crippen LogP contribution in [0.25, 0.3) is 11.3 Å². The molecule has 0 spiro atoms. The number of carbonyl (C=O) groups excluding carboxylic acids is 1. The highest BCUT2D eigenvalue weighted by atomic mass is 32.2. The van der Waals surface area contributed by atoms with Crippen molar-refractivity contribution >= 4 is 34.1 Å². The lowest BCUT2D eigenvalue weighted by atomic mass is 10.1. The Hall–Kier alpha value is -2.59. The van der Waals surface area contributed by atoms with Gasteiger partial charge in [-0.05, 0) is 37.8 Å². The SMILES string of the molecule is COc1ccc(-c2csc(NC(=O)CSc3nnc(C4CC4)n3C3CC3)n2)c(OC)c1. The van der Waals surface area contributed by atoms with E-state index in [1.807, 2.05) is 23.6 Å². The molecule has 0 bridgehead atoms. The van der Waals surface area contributed by atoms with Crippen LogP contribution in [-0.2, 0) is 4.79 Å². The molecule has 31 heavy (non-hydrogen) atoms. The number of amides is 1. The van der Waals surface area contributed by atoms with Crippen molar-refractivity contribution < 1.29 is 14.3 Å². The summed E-state index contributed by atoms with van der Waals surface area (Å²) in [4.78, 5) is 17.1. The lowest BCUT2D eigenvalue weighted by molar-refractivity contribution is -0.113. The molecule has 3 aromatic rings. The summed E-state index contributed by atoms with van der Waals surface area (Å²) >= 11 is 2.83. The predicted octanol–water partition coefficient (Wildman–Crippen LogP) is 4.36. The minimum atomic E-state index is -0.106. The van der Waals surface area contributed by atoms with E-state index in [0.29, 0.717) is 28.6 Å². The largest absolute Gasteiger partial charge is 0.497 e. The van der Waals surface area contributed by atoms with Gasteiger partial charge in [0.05, 0.1) is 25.7 Å². The molecule has 2 saturated carbocycles. The molecule has 2 aromatic heterocycles. The van der Waals surface area contributed by atoms with Gasteiger partial charge in [0.15, 0.2) is 10.3 Å². The Morgan fingerprint density at radius 1 is 1.23 bits per heavy atom. The van der Waals surface area contributed by atoms with Crippen molar-refractivity contribution in [3.8, 4) is 22.8 Å². The lowest BCUT2D eigenvalue weighted by Gasteiger charge is -2.08. The van der Waals surface area contributed by atoms with Crippen molar-refractivity contribution in [3.63, 3.8) is 0 Å². The van der Waals surface area contributed by atoms with Crippen LogP contribution in [0.2, 0.25) is 0 Å². The van der Waals surface area contributed by atoms with Gasteiger partial charge in [0.25, 0.3) is 0 Å². The van der Waals surface area contributed by atoms with E-state index in [0.717, 1.165) is 22.2 Å². The number of methoxy groups -OCH3 is 2. The van der Waals surface area contributed by atoms with Gasteiger partial charge in [0.1, 0.15) is 17.3 Å². The molecule has 2 fully saturated rings. The first kappa shape index (κ1) is 20.3. The minimum absolute atomic E-state index is 0.106. The van der Waals surface area contributed by atoms with Crippen LogP contribution < -0.4 is 14.8 Å². The fourth-order valence-electron chi connectivity index (χ4n) is 3.43. The van der Waals surface area contributed by atoms with Crippen LogP contribution >= 0.6 is 23.1 Å². The van der Waals surface area contributed by atoms with Gasteiger partial charge in [-0.15, -0.1) is 21.5 Å². The zero-order valence-corrected chi connectivity index (χ0v) is 19.0. The molecular weight excluding hydrogens is 434 g/mol. The first-order chi connectivity index (χ1) is 15.2. The molecule has 0 saturated heterocycles. The summed E-state index contributed by atoms with van der Waals surface area (Å²) in [6.45, 7) is 0. The Morgan fingerprint density at radius 2 is 2.06 bits per heavy atom. The predicted molar refractivity (Wildman–Crippen MR) is 120 cm³/mol. The van der Waals surface area contributed by atoms with E-state index in [2.05, 4.69) is 25.1 Å². The Morgan fingerprint density at radius 3 is 2.77 bits per heavy atom. The van der Waals surface area contributed by atoms with E-state index in [-0.39, 0.29) is 11.7 Å². The average Bonchev–Trinajstić information content (AvgIpc) is 3.72. The van der Waals surface area contributed by atoms with Gasteiger partial charge >= 0.3 is 0 Å². The van der Waals surface area contributed by atoms with Crippen molar-refractivity contribution in [2.24, 2.45) is 0 Å². The molecule has 1 N–H and O–H groups in total. The quantitative estimate of drug-likeness (QED) is 0.477. The molecule has 162 valence electrons. The Kier molecular flexibility index (Phi) is 5.58. The van der Waals surface area contributed by atoms with Gasteiger partial charge in [-0.1, -0.05) is 11.8 Å².